The van der Waals surface area contributed by atoms with Crippen LogP contribution in [-0.2, 0) is 9.53 Å². The molecule has 0 saturated heterocycles. The average molecular weight is 186 g/mol. The highest BCUT2D eigenvalue weighted by Crippen LogP contribution is 2.18. The SMILES string of the molecule is C[C@H](O)CC1=C[C@H](O)[C@@H](C)OC1=O. The van der Waals surface area contributed by atoms with Gasteiger partial charge in [0.2, 0.25) is 0 Å². The van der Waals surface area contributed by atoms with Crippen LogP contribution in [0.25, 0.3) is 0 Å². The molecule has 3 atom stereocenters. The lowest BCUT2D eigenvalue weighted by Gasteiger charge is -2.24. The molecule has 2 N–H and O–H groups in total. The summed E-state index contributed by atoms with van der Waals surface area (Å²) in [6, 6.07) is 0. The molecular weight excluding hydrogens is 172 g/mol. The highest BCUT2D eigenvalue weighted by Gasteiger charge is 2.26. The minimum Gasteiger partial charge on any atom is -0.456 e. The quantitative estimate of drug-likeness (QED) is 0.595. The fraction of sp³-hybridized carbons (Fsp3) is 0.667. The predicted molar refractivity (Wildman–Crippen MR) is 45.9 cm³/mol. The van der Waals surface area contributed by atoms with Crippen molar-refractivity contribution < 1.29 is 19.7 Å². The molecule has 0 fully saturated rings. The highest BCUT2D eigenvalue weighted by atomic mass is 16.6. The van der Waals surface area contributed by atoms with E-state index in [-0.39, 0.29) is 6.42 Å². The number of esters is 1. The van der Waals surface area contributed by atoms with E-state index >= 15 is 0 Å². The molecule has 13 heavy (non-hydrogen) atoms. The average Bonchev–Trinajstić information content (AvgIpc) is 1.99. The van der Waals surface area contributed by atoms with Crippen molar-refractivity contribution in [2.45, 2.75) is 38.6 Å². The van der Waals surface area contributed by atoms with Gasteiger partial charge in [-0.2, -0.15) is 0 Å². The van der Waals surface area contributed by atoms with Crippen LogP contribution in [0.5, 0.6) is 0 Å². The van der Waals surface area contributed by atoms with Gasteiger partial charge in [-0.25, -0.2) is 4.79 Å². The Labute approximate surface area is 76.8 Å². The van der Waals surface area contributed by atoms with Crippen LogP contribution in [-0.4, -0.2) is 34.5 Å². The summed E-state index contributed by atoms with van der Waals surface area (Å²) in [7, 11) is 0. The Bertz CT molecular complexity index is 232. The second kappa shape index (κ2) is 3.89. The third kappa shape index (κ3) is 2.54. The van der Waals surface area contributed by atoms with Crippen molar-refractivity contribution in [1.29, 1.82) is 0 Å². The zero-order valence-corrected chi connectivity index (χ0v) is 7.73. The van der Waals surface area contributed by atoms with E-state index in [9.17, 15) is 9.90 Å². The fourth-order valence-corrected chi connectivity index (χ4v) is 1.19. The van der Waals surface area contributed by atoms with Gasteiger partial charge in [-0.05, 0) is 19.9 Å². The second-order valence-corrected chi connectivity index (χ2v) is 3.35. The number of aliphatic hydroxyl groups is 2. The summed E-state index contributed by atoms with van der Waals surface area (Å²) in [6.07, 6.45) is -0.178. The van der Waals surface area contributed by atoms with Crippen molar-refractivity contribution in [2.75, 3.05) is 0 Å². The number of carbonyl (C=O) groups is 1. The number of aliphatic hydroxyl groups excluding tert-OH is 2. The standard InChI is InChI=1S/C9H14O4/c1-5(10)3-7-4-8(11)6(2)13-9(7)12/h4-6,8,10-11H,3H2,1-2H3/t5-,6+,8-/m0/s1. The van der Waals surface area contributed by atoms with Crippen molar-refractivity contribution in [1.82, 2.24) is 0 Å². The summed E-state index contributed by atoms with van der Waals surface area (Å²) in [6.45, 7) is 3.21. The Kier molecular flexibility index (Phi) is 3.06. The van der Waals surface area contributed by atoms with Gasteiger partial charge in [0.15, 0.2) is 0 Å². The van der Waals surface area contributed by atoms with E-state index in [2.05, 4.69) is 0 Å². The summed E-state index contributed by atoms with van der Waals surface area (Å²) in [4.78, 5) is 11.2. The van der Waals surface area contributed by atoms with Gasteiger partial charge >= 0.3 is 5.97 Å². The number of cyclic esters (lactones) is 1. The fourth-order valence-electron chi connectivity index (χ4n) is 1.19. The van der Waals surface area contributed by atoms with E-state index < -0.39 is 24.3 Å². The normalized spacial score (nSPS) is 30.8. The largest absolute Gasteiger partial charge is 0.456 e. The molecule has 0 radical (unpaired) electrons. The topological polar surface area (TPSA) is 66.8 Å². The molecule has 0 aliphatic carbocycles. The minimum absolute atomic E-state index is 0.225. The number of ether oxygens (including phenoxy) is 1. The molecule has 0 aromatic heterocycles. The lowest BCUT2D eigenvalue weighted by molar-refractivity contribution is -0.150. The van der Waals surface area contributed by atoms with E-state index in [0.717, 1.165) is 0 Å². The van der Waals surface area contributed by atoms with Gasteiger partial charge in [-0.3, -0.25) is 0 Å². The molecule has 4 nitrogen and oxygen atoms in total. The maximum absolute atomic E-state index is 11.2. The monoisotopic (exact) mass is 186 g/mol. The van der Waals surface area contributed by atoms with Crippen molar-refractivity contribution in [3.8, 4) is 0 Å². The summed E-state index contributed by atoms with van der Waals surface area (Å²) in [5, 5.41) is 18.4. The Hall–Kier alpha value is -0.870. The van der Waals surface area contributed by atoms with E-state index in [1.807, 2.05) is 0 Å². The molecule has 1 aliphatic rings. The smallest absolute Gasteiger partial charge is 0.334 e. The van der Waals surface area contributed by atoms with Crippen LogP contribution in [0.1, 0.15) is 20.3 Å². The summed E-state index contributed by atoms with van der Waals surface area (Å²) in [5.41, 5.74) is 0.348. The summed E-state index contributed by atoms with van der Waals surface area (Å²) < 4.78 is 4.84. The van der Waals surface area contributed by atoms with Crippen LogP contribution >= 0.6 is 0 Å². The Morgan fingerprint density at radius 1 is 1.69 bits per heavy atom. The van der Waals surface area contributed by atoms with Crippen LogP contribution in [0, 0.1) is 0 Å². The Balaban J connectivity index is 2.72. The van der Waals surface area contributed by atoms with Crippen molar-refractivity contribution in [2.24, 2.45) is 0 Å². The molecule has 1 heterocycles. The zero-order chi connectivity index (χ0) is 10.0. The molecule has 1 rings (SSSR count). The van der Waals surface area contributed by atoms with Gasteiger partial charge in [0.1, 0.15) is 12.2 Å². The third-order valence-electron chi connectivity index (χ3n) is 1.92. The molecule has 74 valence electrons. The maximum atomic E-state index is 11.2. The molecule has 0 saturated carbocycles. The molecule has 0 aromatic rings. The molecule has 0 unspecified atom stereocenters. The highest BCUT2D eigenvalue weighted by molar-refractivity contribution is 5.89. The first kappa shape index (κ1) is 10.2. The zero-order valence-electron chi connectivity index (χ0n) is 7.73. The Morgan fingerprint density at radius 2 is 2.31 bits per heavy atom. The second-order valence-electron chi connectivity index (χ2n) is 3.35. The number of hydrogen-bond donors (Lipinski definition) is 2. The number of hydrogen-bond acceptors (Lipinski definition) is 4. The van der Waals surface area contributed by atoms with Gasteiger partial charge in [0.25, 0.3) is 0 Å². The first-order valence-electron chi connectivity index (χ1n) is 4.28. The van der Waals surface area contributed by atoms with Crippen molar-refractivity contribution >= 4 is 5.97 Å². The Morgan fingerprint density at radius 3 is 2.85 bits per heavy atom. The van der Waals surface area contributed by atoms with Gasteiger partial charge < -0.3 is 14.9 Å². The first-order chi connectivity index (χ1) is 6.00. The van der Waals surface area contributed by atoms with E-state index in [1.165, 1.54) is 6.08 Å². The van der Waals surface area contributed by atoms with Gasteiger partial charge in [0.05, 0.1) is 6.10 Å². The molecular formula is C9H14O4. The summed E-state index contributed by atoms with van der Waals surface area (Å²) in [5.74, 6) is -0.446. The lowest BCUT2D eigenvalue weighted by atomic mass is 10.0. The molecule has 0 aromatic carbocycles. The third-order valence-corrected chi connectivity index (χ3v) is 1.92. The molecule has 0 bridgehead atoms. The van der Waals surface area contributed by atoms with Crippen LogP contribution in [0.4, 0.5) is 0 Å². The predicted octanol–water partition coefficient (Wildman–Crippen LogP) is -0.0101. The first-order valence-corrected chi connectivity index (χ1v) is 4.28. The van der Waals surface area contributed by atoms with Crippen LogP contribution in [0.3, 0.4) is 0 Å². The molecule has 0 spiro atoms. The van der Waals surface area contributed by atoms with Crippen LogP contribution in [0.2, 0.25) is 0 Å². The molecule has 0 amide bonds. The van der Waals surface area contributed by atoms with E-state index in [0.29, 0.717) is 5.57 Å². The van der Waals surface area contributed by atoms with E-state index in [1.54, 1.807) is 13.8 Å². The number of rotatable bonds is 2. The van der Waals surface area contributed by atoms with Gasteiger partial charge in [-0.1, -0.05) is 0 Å². The molecule has 4 heteroatoms. The van der Waals surface area contributed by atoms with Crippen LogP contribution in [0.15, 0.2) is 11.6 Å². The maximum Gasteiger partial charge on any atom is 0.334 e. The lowest BCUT2D eigenvalue weighted by Crippen LogP contribution is -2.33. The van der Waals surface area contributed by atoms with E-state index in [4.69, 9.17) is 9.84 Å². The van der Waals surface area contributed by atoms with Gasteiger partial charge in [-0.15, -0.1) is 0 Å². The van der Waals surface area contributed by atoms with Crippen molar-refractivity contribution in [3.05, 3.63) is 11.6 Å². The number of carbonyl (C=O) groups excluding carboxylic acids is 1. The summed E-state index contributed by atoms with van der Waals surface area (Å²) >= 11 is 0. The van der Waals surface area contributed by atoms with Crippen molar-refractivity contribution in [3.63, 3.8) is 0 Å². The molecule has 1 aliphatic heterocycles. The van der Waals surface area contributed by atoms with Gasteiger partial charge in [0, 0.05) is 12.0 Å². The minimum atomic E-state index is -0.758. The van der Waals surface area contributed by atoms with Crippen LogP contribution < -0.4 is 0 Å².